The number of carboxylic acid groups (broad SMARTS) is 1. The summed E-state index contributed by atoms with van der Waals surface area (Å²) in [5, 5.41) is 8.86. The maximum Gasteiger partial charge on any atom is 0.305 e. The van der Waals surface area contributed by atoms with Crippen molar-refractivity contribution < 1.29 is 14.7 Å². The predicted octanol–water partition coefficient (Wildman–Crippen LogP) is 3.06. The van der Waals surface area contributed by atoms with Gasteiger partial charge in [-0.15, -0.1) is 0 Å². The lowest BCUT2D eigenvalue weighted by atomic mass is 9.83. The van der Waals surface area contributed by atoms with Crippen LogP contribution in [0.4, 0.5) is 0 Å². The van der Waals surface area contributed by atoms with Crippen LogP contribution in [0.25, 0.3) is 0 Å². The molecule has 1 aliphatic carbocycles. The topological polar surface area (TPSA) is 57.6 Å². The molecule has 1 aromatic rings. The van der Waals surface area contributed by atoms with E-state index in [0.29, 0.717) is 5.56 Å². The van der Waals surface area contributed by atoms with E-state index in [9.17, 15) is 9.59 Å². The first-order valence-corrected chi connectivity index (χ1v) is 7.43. The van der Waals surface area contributed by atoms with Crippen molar-refractivity contribution in [3.63, 3.8) is 0 Å². The third-order valence-corrected chi connectivity index (χ3v) is 3.78. The van der Waals surface area contributed by atoms with Crippen LogP contribution in [0, 0.1) is 0 Å². The van der Waals surface area contributed by atoms with Gasteiger partial charge in [-0.1, -0.05) is 39.0 Å². The molecule has 2 rings (SSSR count). The first-order chi connectivity index (χ1) is 9.80. The Bertz CT molecular complexity index is 541. The summed E-state index contributed by atoms with van der Waals surface area (Å²) in [6.45, 7) is 6.53. The molecule has 114 valence electrons. The normalized spacial score (nSPS) is 14.8. The second-order valence-corrected chi connectivity index (χ2v) is 6.67. The van der Waals surface area contributed by atoms with E-state index in [1.807, 2.05) is 24.3 Å². The van der Waals surface area contributed by atoms with Crippen LogP contribution in [0.15, 0.2) is 24.3 Å². The molecule has 21 heavy (non-hydrogen) atoms. The van der Waals surface area contributed by atoms with Crippen LogP contribution in [0.5, 0.6) is 0 Å². The molecule has 1 aliphatic rings. The molecular formula is C17H23NO3. The second-order valence-electron chi connectivity index (χ2n) is 6.67. The first kappa shape index (κ1) is 15.5. The fraction of sp³-hybridized carbons (Fsp3) is 0.529. The Hall–Kier alpha value is -1.84. The van der Waals surface area contributed by atoms with Gasteiger partial charge in [0.2, 0.25) is 0 Å². The minimum atomic E-state index is -0.863. The molecule has 0 aromatic heterocycles. The Morgan fingerprint density at radius 2 is 1.86 bits per heavy atom. The number of benzene rings is 1. The van der Waals surface area contributed by atoms with Gasteiger partial charge in [-0.3, -0.25) is 9.59 Å². The van der Waals surface area contributed by atoms with Gasteiger partial charge in [0, 0.05) is 18.2 Å². The molecule has 0 unspecified atom stereocenters. The number of carbonyl (C=O) groups excluding carboxylic acids is 1. The van der Waals surface area contributed by atoms with Crippen LogP contribution in [0.2, 0.25) is 0 Å². The Balaban J connectivity index is 2.27. The highest BCUT2D eigenvalue weighted by Gasteiger charge is 2.34. The fourth-order valence-electron chi connectivity index (χ4n) is 2.53. The molecule has 1 amide bonds. The van der Waals surface area contributed by atoms with Crippen molar-refractivity contribution in [3.8, 4) is 0 Å². The van der Waals surface area contributed by atoms with Gasteiger partial charge in [0.1, 0.15) is 0 Å². The van der Waals surface area contributed by atoms with E-state index in [2.05, 4.69) is 20.8 Å². The Labute approximate surface area is 125 Å². The monoisotopic (exact) mass is 289 g/mol. The third-order valence-electron chi connectivity index (χ3n) is 3.78. The van der Waals surface area contributed by atoms with E-state index < -0.39 is 5.97 Å². The molecule has 0 saturated heterocycles. The number of hydrogen-bond donors (Lipinski definition) is 1. The largest absolute Gasteiger partial charge is 0.481 e. The highest BCUT2D eigenvalue weighted by Crippen LogP contribution is 2.31. The number of carboxylic acids is 1. The van der Waals surface area contributed by atoms with Crippen molar-refractivity contribution in [2.45, 2.75) is 51.5 Å². The summed E-state index contributed by atoms with van der Waals surface area (Å²) in [6.07, 6.45) is 1.95. The van der Waals surface area contributed by atoms with Gasteiger partial charge in [0.25, 0.3) is 5.91 Å². The summed E-state index contributed by atoms with van der Waals surface area (Å²) in [6, 6.07) is 7.85. The molecule has 1 fully saturated rings. The van der Waals surface area contributed by atoms with Gasteiger partial charge in [-0.05, 0) is 29.9 Å². The fourth-order valence-corrected chi connectivity index (χ4v) is 2.53. The van der Waals surface area contributed by atoms with Crippen LogP contribution in [0.1, 0.15) is 56.0 Å². The molecule has 4 heteroatoms. The number of rotatable bonds is 5. The zero-order valence-electron chi connectivity index (χ0n) is 12.9. The summed E-state index contributed by atoms with van der Waals surface area (Å²) < 4.78 is 0. The predicted molar refractivity (Wildman–Crippen MR) is 81.5 cm³/mol. The number of hydrogen-bond acceptors (Lipinski definition) is 2. The van der Waals surface area contributed by atoms with E-state index in [0.717, 1.165) is 18.4 Å². The van der Waals surface area contributed by atoms with E-state index >= 15 is 0 Å². The Morgan fingerprint density at radius 1 is 1.24 bits per heavy atom. The summed E-state index contributed by atoms with van der Waals surface area (Å²) in [5.74, 6) is -0.901. The lowest BCUT2D eigenvalue weighted by molar-refractivity contribution is -0.137. The molecule has 0 atom stereocenters. The van der Waals surface area contributed by atoms with Crippen LogP contribution in [-0.4, -0.2) is 34.5 Å². The molecule has 4 nitrogen and oxygen atoms in total. The van der Waals surface area contributed by atoms with E-state index in [1.54, 1.807) is 4.90 Å². The van der Waals surface area contributed by atoms with Gasteiger partial charge >= 0.3 is 5.97 Å². The molecule has 0 radical (unpaired) electrons. The molecule has 0 aliphatic heterocycles. The maximum absolute atomic E-state index is 12.8. The van der Waals surface area contributed by atoms with E-state index in [1.165, 1.54) is 0 Å². The van der Waals surface area contributed by atoms with Crippen LogP contribution in [0.3, 0.4) is 0 Å². The molecule has 1 N–H and O–H groups in total. The third kappa shape index (κ3) is 3.84. The van der Waals surface area contributed by atoms with Crippen molar-refractivity contribution in [3.05, 3.63) is 35.4 Å². The standard InChI is InChI=1S/C17H23NO3/c1-17(2,3)14-7-5-4-6-13(14)16(21)18(12-8-9-12)11-10-15(19)20/h4-7,12H,8-11H2,1-3H3,(H,19,20). The molecule has 0 bridgehead atoms. The zero-order chi connectivity index (χ0) is 15.6. The van der Waals surface area contributed by atoms with Gasteiger partial charge in [-0.2, -0.15) is 0 Å². The van der Waals surface area contributed by atoms with Crippen LogP contribution >= 0.6 is 0 Å². The highest BCUT2D eigenvalue weighted by atomic mass is 16.4. The lowest BCUT2D eigenvalue weighted by Crippen LogP contribution is -2.36. The average molecular weight is 289 g/mol. The quantitative estimate of drug-likeness (QED) is 0.906. The van der Waals surface area contributed by atoms with Gasteiger partial charge in [-0.25, -0.2) is 0 Å². The van der Waals surface area contributed by atoms with E-state index in [4.69, 9.17) is 5.11 Å². The van der Waals surface area contributed by atoms with Crippen molar-refractivity contribution in [1.82, 2.24) is 4.90 Å². The lowest BCUT2D eigenvalue weighted by Gasteiger charge is -2.27. The molecule has 1 aromatic carbocycles. The van der Waals surface area contributed by atoms with Gasteiger partial charge < -0.3 is 10.0 Å². The zero-order valence-corrected chi connectivity index (χ0v) is 12.9. The minimum Gasteiger partial charge on any atom is -0.481 e. The molecule has 0 spiro atoms. The SMILES string of the molecule is CC(C)(C)c1ccccc1C(=O)N(CCC(=O)O)C1CC1. The molecular weight excluding hydrogens is 266 g/mol. The minimum absolute atomic E-state index is 0.0000746. The maximum atomic E-state index is 12.8. The number of amides is 1. The first-order valence-electron chi connectivity index (χ1n) is 7.43. The molecule has 1 saturated carbocycles. The van der Waals surface area contributed by atoms with Crippen LogP contribution < -0.4 is 0 Å². The smallest absolute Gasteiger partial charge is 0.305 e. The van der Waals surface area contributed by atoms with Crippen molar-refractivity contribution in [2.24, 2.45) is 0 Å². The average Bonchev–Trinajstić information content (AvgIpc) is 3.22. The second kappa shape index (κ2) is 5.88. The summed E-state index contributed by atoms with van der Waals surface area (Å²) in [5.41, 5.74) is 1.59. The summed E-state index contributed by atoms with van der Waals surface area (Å²) in [4.78, 5) is 25.4. The van der Waals surface area contributed by atoms with Crippen molar-refractivity contribution >= 4 is 11.9 Å². The number of nitrogens with zero attached hydrogens (tertiary/aromatic N) is 1. The number of aliphatic carboxylic acids is 1. The van der Waals surface area contributed by atoms with Gasteiger partial charge in [0.05, 0.1) is 6.42 Å². The summed E-state index contributed by atoms with van der Waals surface area (Å²) in [7, 11) is 0. The van der Waals surface area contributed by atoms with E-state index in [-0.39, 0.29) is 30.3 Å². The summed E-state index contributed by atoms with van der Waals surface area (Å²) >= 11 is 0. The highest BCUT2D eigenvalue weighted by molar-refractivity contribution is 5.96. The Kier molecular flexibility index (Phi) is 4.35. The molecule has 0 heterocycles. The van der Waals surface area contributed by atoms with Crippen LogP contribution in [-0.2, 0) is 10.2 Å². The van der Waals surface area contributed by atoms with Crippen molar-refractivity contribution in [1.29, 1.82) is 0 Å². The van der Waals surface area contributed by atoms with Crippen molar-refractivity contribution in [2.75, 3.05) is 6.54 Å². The van der Waals surface area contributed by atoms with Gasteiger partial charge in [0.15, 0.2) is 0 Å². The Morgan fingerprint density at radius 3 is 2.38 bits per heavy atom. The number of carbonyl (C=O) groups is 2.